The van der Waals surface area contributed by atoms with Gasteiger partial charge < -0.3 is 0 Å². The zero-order valence-corrected chi connectivity index (χ0v) is 15.5. The maximum atomic E-state index is 12.1. The fourth-order valence-electron chi connectivity index (χ4n) is 2.84. The van der Waals surface area contributed by atoms with E-state index in [1.807, 2.05) is 13.8 Å². The maximum absolute atomic E-state index is 12.1. The first kappa shape index (κ1) is 19.4. The largest absolute Gasteiger partial charge is 0.283 e. The number of unbranched alkanes of at least 4 members (excludes halogenated alkanes) is 1. The highest BCUT2D eigenvalue weighted by atomic mass is 32.2. The number of carbonyl (C=O) groups is 2. The van der Waals surface area contributed by atoms with Crippen LogP contribution in [0.3, 0.4) is 0 Å². The van der Waals surface area contributed by atoms with Gasteiger partial charge in [-0.15, -0.1) is 0 Å². The van der Waals surface area contributed by atoms with Crippen LogP contribution in [0, 0.1) is 15.5 Å². The van der Waals surface area contributed by atoms with Gasteiger partial charge in [0.1, 0.15) is 0 Å². The highest BCUT2D eigenvalue weighted by Crippen LogP contribution is 2.31. The fourth-order valence-corrected chi connectivity index (χ4v) is 3.82. The first-order valence-electron chi connectivity index (χ1n) is 8.43. The highest BCUT2D eigenvalue weighted by Gasteiger charge is 2.36. The molecule has 1 aliphatic rings. The second-order valence-electron chi connectivity index (χ2n) is 7.14. The zero-order chi connectivity index (χ0) is 18.4. The number of nitrogens with zero attached hydrogens (tertiary/aromatic N) is 2. The Labute approximate surface area is 152 Å². The van der Waals surface area contributed by atoms with Crippen molar-refractivity contribution in [2.45, 2.75) is 45.3 Å². The van der Waals surface area contributed by atoms with E-state index in [-0.39, 0.29) is 22.9 Å². The molecule has 6 nitrogen and oxygen atoms in total. The van der Waals surface area contributed by atoms with E-state index in [1.54, 1.807) is 23.9 Å². The zero-order valence-electron chi connectivity index (χ0n) is 14.7. The van der Waals surface area contributed by atoms with Crippen molar-refractivity contribution in [1.82, 2.24) is 4.90 Å². The van der Waals surface area contributed by atoms with Crippen LogP contribution in [-0.2, 0) is 15.3 Å². The van der Waals surface area contributed by atoms with E-state index in [0.717, 1.165) is 29.9 Å². The van der Waals surface area contributed by atoms with E-state index in [2.05, 4.69) is 0 Å². The number of carbonyl (C=O) groups excluding carboxylic acids is 2. The van der Waals surface area contributed by atoms with Crippen molar-refractivity contribution in [2.75, 3.05) is 12.3 Å². The molecule has 0 aliphatic carbocycles. The molecule has 0 saturated carbocycles. The standard InChI is InChI=1S/C18H24N2O4S/c1-18(2)11-16(21)19(17(22)12-18)9-3-4-10-25-13-14-5-7-15(8-6-14)20(23)24/h5-8H,3-4,9-13H2,1-2H3. The van der Waals surface area contributed by atoms with Crippen molar-refractivity contribution in [3.8, 4) is 0 Å². The van der Waals surface area contributed by atoms with Crippen molar-refractivity contribution >= 4 is 29.3 Å². The van der Waals surface area contributed by atoms with Crippen LogP contribution in [0.4, 0.5) is 5.69 Å². The highest BCUT2D eigenvalue weighted by molar-refractivity contribution is 7.98. The Balaban J connectivity index is 1.64. The van der Waals surface area contributed by atoms with E-state index in [0.29, 0.717) is 19.4 Å². The number of piperidine rings is 1. The molecule has 1 aromatic carbocycles. The number of nitro benzene ring substituents is 1. The molecule has 0 radical (unpaired) electrons. The fraction of sp³-hybridized carbons (Fsp3) is 0.556. The van der Waals surface area contributed by atoms with E-state index in [1.165, 1.54) is 17.0 Å². The van der Waals surface area contributed by atoms with Crippen LogP contribution in [-0.4, -0.2) is 33.9 Å². The van der Waals surface area contributed by atoms with E-state index < -0.39 is 4.92 Å². The minimum atomic E-state index is -0.402. The molecule has 0 N–H and O–H groups in total. The summed E-state index contributed by atoms with van der Waals surface area (Å²) >= 11 is 1.75. The molecule has 0 spiro atoms. The first-order valence-corrected chi connectivity index (χ1v) is 9.58. The predicted octanol–water partition coefficient (Wildman–Crippen LogP) is 3.78. The first-order chi connectivity index (χ1) is 11.8. The molecule has 1 aromatic rings. The van der Waals surface area contributed by atoms with Crippen LogP contribution >= 0.6 is 11.8 Å². The molecular weight excluding hydrogens is 340 g/mol. The van der Waals surface area contributed by atoms with Crippen molar-refractivity contribution in [1.29, 1.82) is 0 Å². The van der Waals surface area contributed by atoms with Crippen molar-refractivity contribution in [3.05, 3.63) is 39.9 Å². The quantitative estimate of drug-likeness (QED) is 0.303. The van der Waals surface area contributed by atoms with Crippen LogP contribution in [0.1, 0.15) is 45.1 Å². The number of rotatable bonds is 8. The van der Waals surface area contributed by atoms with Crippen molar-refractivity contribution in [2.24, 2.45) is 5.41 Å². The van der Waals surface area contributed by atoms with Gasteiger partial charge in [0.25, 0.3) is 5.69 Å². The molecule has 1 saturated heterocycles. The van der Waals surface area contributed by atoms with E-state index in [4.69, 9.17) is 0 Å². The molecule has 0 unspecified atom stereocenters. The van der Waals surface area contributed by atoms with Crippen molar-refractivity contribution in [3.63, 3.8) is 0 Å². The Morgan fingerprint density at radius 2 is 1.72 bits per heavy atom. The molecule has 2 amide bonds. The lowest BCUT2D eigenvalue weighted by molar-refractivity contribution is -0.384. The minimum absolute atomic E-state index is 0.0558. The second kappa shape index (κ2) is 8.47. The average Bonchev–Trinajstić information content (AvgIpc) is 2.52. The van der Waals surface area contributed by atoms with Crippen molar-refractivity contribution < 1.29 is 14.5 Å². The Bertz CT molecular complexity index is 623. The Kier molecular flexibility index (Phi) is 6.58. The Morgan fingerprint density at radius 1 is 1.12 bits per heavy atom. The summed E-state index contributed by atoms with van der Waals surface area (Å²) in [7, 11) is 0. The summed E-state index contributed by atoms with van der Waals surface area (Å²) in [6, 6.07) is 6.59. The molecule has 7 heteroatoms. The third-order valence-electron chi connectivity index (χ3n) is 4.20. The Morgan fingerprint density at radius 3 is 2.28 bits per heavy atom. The number of thioether (sulfide) groups is 1. The smallest absolute Gasteiger partial charge is 0.269 e. The van der Waals surface area contributed by atoms with Gasteiger partial charge in [0.05, 0.1) is 4.92 Å². The summed E-state index contributed by atoms with van der Waals surface area (Å²) in [4.78, 5) is 35.7. The number of non-ortho nitro benzene ring substituents is 1. The third kappa shape index (κ3) is 5.85. The molecule has 0 aromatic heterocycles. The van der Waals surface area contributed by atoms with E-state index >= 15 is 0 Å². The number of likely N-dealkylation sites (tertiary alicyclic amines) is 1. The van der Waals surface area contributed by atoms with Gasteiger partial charge in [-0.1, -0.05) is 26.0 Å². The van der Waals surface area contributed by atoms with Crippen LogP contribution < -0.4 is 0 Å². The van der Waals surface area contributed by atoms with Gasteiger partial charge >= 0.3 is 0 Å². The monoisotopic (exact) mass is 364 g/mol. The molecule has 1 heterocycles. The number of amides is 2. The van der Waals surface area contributed by atoms with Gasteiger partial charge in [-0.25, -0.2) is 0 Å². The van der Waals surface area contributed by atoms with Gasteiger partial charge in [-0.2, -0.15) is 11.8 Å². The van der Waals surface area contributed by atoms with Crippen LogP contribution in [0.5, 0.6) is 0 Å². The number of nitro groups is 1. The summed E-state index contributed by atoms with van der Waals surface area (Å²) in [5.41, 5.74) is 0.942. The Hall–Kier alpha value is -1.89. The number of imide groups is 1. The van der Waals surface area contributed by atoms with Gasteiger partial charge in [-0.3, -0.25) is 24.6 Å². The summed E-state index contributed by atoms with van der Waals surface area (Å²) in [6.45, 7) is 4.41. The third-order valence-corrected chi connectivity index (χ3v) is 5.31. The summed E-state index contributed by atoms with van der Waals surface area (Å²) in [5, 5.41) is 10.6. The SMILES string of the molecule is CC1(C)CC(=O)N(CCCCSCc2ccc([N+](=O)[O-])cc2)C(=O)C1. The van der Waals surface area contributed by atoms with Gasteiger partial charge in [0.15, 0.2) is 0 Å². The summed E-state index contributed by atoms with van der Waals surface area (Å²) < 4.78 is 0. The summed E-state index contributed by atoms with van der Waals surface area (Å²) in [5.74, 6) is 1.62. The molecule has 1 fully saturated rings. The molecule has 0 bridgehead atoms. The van der Waals surface area contributed by atoms with Gasteiger partial charge in [-0.05, 0) is 29.6 Å². The lowest BCUT2D eigenvalue weighted by Crippen LogP contribution is -2.46. The second-order valence-corrected chi connectivity index (χ2v) is 8.25. The average molecular weight is 364 g/mol. The van der Waals surface area contributed by atoms with Crippen LogP contribution in [0.2, 0.25) is 0 Å². The van der Waals surface area contributed by atoms with Gasteiger partial charge in [0, 0.05) is 37.3 Å². The number of hydrogen-bond donors (Lipinski definition) is 0. The number of benzene rings is 1. The molecule has 1 aliphatic heterocycles. The lowest BCUT2D eigenvalue weighted by atomic mass is 9.82. The van der Waals surface area contributed by atoms with Crippen LogP contribution in [0.15, 0.2) is 24.3 Å². The predicted molar refractivity (Wildman–Crippen MR) is 98.2 cm³/mol. The molecular formula is C18H24N2O4S. The van der Waals surface area contributed by atoms with Gasteiger partial charge in [0.2, 0.25) is 11.8 Å². The topological polar surface area (TPSA) is 80.5 Å². The summed E-state index contributed by atoms with van der Waals surface area (Å²) in [6.07, 6.45) is 2.62. The normalized spacial score (nSPS) is 17.0. The molecule has 2 rings (SSSR count). The molecule has 25 heavy (non-hydrogen) atoms. The van der Waals surface area contributed by atoms with E-state index in [9.17, 15) is 19.7 Å². The molecule has 136 valence electrons. The lowest BCUT2D eigenvalue weighted by Gasteiger charge is -2.34. The molecule has 0 atom stereocenters. The number of hydrogen-bond acceptors (Lipinski definition) is 5. The maximum Gasteiger partial charge on any atom is 0.269 e. The van der Waals surface area contributed by atoms with Crippen LogP contribution in [0.25, 0.3) is 0 Å². The minimum Gasteiger partial charge on any atom is -0.283 e.